The molecule has 0 atom stereocenters. The predicted octanol–water partition coefficient (Wildman–Crippen LogP) is 0.394. The molecule has 0 amide bonds. The maximum absolute atomic E-state index is 5.36. The Balaban J connectivity index is 2.36. The molecule has 0 aromatic carbocycles. The van der Waals surface area contributed by atoms with E-state index >= 15 is 0 Å². The Morgan fingerprint density at radius 1 is 1.17 bits per heavy atom. The van der Waals surface area contributed by atoms with Gasteiger partial charge in [0.25, 0.3) is 0 Å². The first-order valence-corrected chi connectivity index (χ1v) is 5.88. The molecule has 102 valence electrons. The lowest BCUT2D eigenvalue weighted by Gasteiger charge is -2.07. The van der Waals surface area contributed by atoms with Crippen molar-refractivity contribution in [1.29, 1.82) is 0 Å². The molecule has 0 unspecified atom stereocenters. The van der Waals surface area contributed by atoms with Crippen LogP contribution < -0.4 is 21.3 Å². The number of methoxy groups -OCH3 is 1. The number of ether oxygens (including phenoxy) is 2. The summed E-state index contributed by atoms with van der Waals surface area (Å²) in [5.41, 5.74) is 2.35. The van der Waals surface area contributed by atoms with Gasteiger partial charge in [-0.1, -0.05) is 6.92 Å². The van der Waals surface area contributed by atoms with E-state index in [0.29, 0.717) is 19.1 Å². The molecule has 18 heavy (non-hydrogen) atoms. The van der Waals surface area contributed by atoms with Gasteiger partial charge in [0.1, 0.15) is 0 Å². The van der Waals surface area contributed by atoms with Crippen molar-refractivity contribution in [2.24, 2.45) is 5.84 Å². The minimum absolute atomic E-state index is 0.211. The predicted molar refractivity (Wildman–Crippen MR) is 68.4 cm³/mol. The largest absolute Gasteiger partial charge is 0.467 e. The Labute approximate surface area is 106 Å². The van der Waals surface area contributed by atoms with Crippen LogP contribution >= 0.6 is 0 Å². The number of anilines is 2. The van der Waals surface area contributed by atoms with E-state index in [1.807, 2.05) is 0 Å². The van der Waals surface area contributed by atoms with Gasteiger partial charge in [-0.15, -0.1) is 0 Å². The molecule has 1 aromatic heterocycles. The first kappa shape index (κ1) is 14.4. The monoisotopic (exact) mass is 256 g/mol. The summed E-state index contributed by atoms with van der Waals surface area (Å²) < 4.78 is 10.3. The van der Waals surface area contributed by atoms with Crippen molar-refractivity contribution in [1.82, 2.24) is 15.0 Å². The minimum atomic E-state index is 0.211. The van der Waals surface area contributed by atoms with Crippen molar-refractivity contribution in [2.75, 3.05) is 37.6 Å². The van der Waals surface area contributed by atoms with Gasteiger partial charge in [-0.2, -0.15) is 15.0 Å². The highest BCUT2D eigenvalue weighted by atomic mass is 16.5. The number of nitrogens with two attached hydrogens (primary N) is 1. The molecule has 0 aliphatic carbocycles. The molecular formula is C10H20N6O2. The van der Waals surface area contributed by atoms with Crippen LogP contribution in [-0.2, 0) is 4.74 Å². The molecule has 0 radical (unpaired) electrons. The van der Waals surface area contributed by atoms with Crippen molar-refractivity contribution in [3.05, 3.63) is 0 Å². The third kappa shape index (κ3) is 5.11. The smallest absolute Gasteiger partial charge is 0.322 e. The van der Waals surface area contributed by atoms with Crippen molar-refractivity contribution < 1.29 is 9.47 Å². The summed E-state index contributed by atoms with van der Waals surface area (Å²) in [7, 11) is 1.48. The Kier molecular flexibility index (Phi) is 6.74. The number of hydrogen-bond acceptors (Lipinski definition) is 8. The number of hydrazine groups is 1. The lowest BCUT2D eigenvalue weighted by Crippen LogP contribution is -2.15. The van der Waals surface area contributed by atoms with E-state index in [2.05, 4.69) is 32.6 Å². The van der Waals surface area contributed by atoms with Crippen LogP contribution in [0.4, 0.5) is 11.9 Å². The highest BCUT2D eigenvalue weighted by Gasteiger charge is 2.04. The Bertz CT molecular complexity index is 327. The van der Waals surface area contributed by atoms with Crippen molar-refractivity contribution >= 4 is 11.9 Å². The Hall–Kier alpha value is -1.67. The fraction of sp³-hybridized carbons (Fsp3) is 0.700. The summed E-state index contributed by atoms with van der Waals surface area (Å²) in [6.07, 6.45) is 1.91. The van der Waals surface area contributed by atoms with Crippen molar-refractivity contribution in [3.63, 3.8) is 0 Å². The molecule has 0 aliphatic rings. The van der Waals surface area contributed by atoms with E-state index in [0.717, 1.165) is 19.4 Å². The van der Waals surface area contributed by atoms with Crippen LogP contribution in [0.25, 0.3) is 0 Å². The molecule has 8 heteroatoms. The summed E-state index contributed by atoms with van der Waals surface area (Å²) >= 11 is 0. The third-order valence-electron chi connectivity index (χ3n) is 2.02. The molecular weight excluding hydrogens is 236 g/mol. The second-order valence-electron chi connectivity index (χ2n) is 3.51. The van der Waals surface area contributed by atoms with Gasteiger partial charge < -0.3 is 14.8 Å². The number of aromatic nitrogens is 3. The zero-order valence-corrected chi connectivity index (χ0v) is 10.8. The molecule has 1 aromatic rings. The molecule has 0 saturated heterocycles. The lowest BCUT2D eigenvalue weighted by atomic mass is 10.4. The van der Waals surface area contributed by atoms with E-state index < -0.39 is 0 Å². The SMILES string of the molecule is CCCOCCCNc1nc(NN)nc(OC)n1. The van der Waals surface area contributed by atoms with Crippen LogP contribution in [0.2, 0.25) is 0 Å². The fourth-order valence-electron chi connectivity index (χ4n) is 1.21. The summed E-state index contributed by atoms with van der Waals surface area (Å²) in [5.74, 6) is 5.92. The van der Waals surface area contributed by atoms with Crippen LogP contribution in [0.3, 0.4) is 0 Å². The molecule has 1 rings (SSSR count). The number of nitrogens with one attached hydrogen (secondary N) is 2. The zero-order valence-electron chi connectivity index (χ0n) is 10.8. The Morgan fingerprint density at radius 2 is 1.94 bits per heavy atom. The van der Waals surface area contributed by atoms with E-state index in [1.54, 1.807) is 0 Å². The zero-order chi connectivity index (χ0) is 13.2. The van der Waals surface area contributed by atoms with Crippen LogP contribution in [0, 0.1) is 0 Å². The van der Waals surface area contributed by atoms with E-state index in [4.69, 9.17) is 15.3 Å². The van der Waals surface area contributed by atoms with Gasteiger partial charge in [-0.05, 0) is 12.8 Å². The first-order valence-electron chi connectivity index (χ1n) is 5.88. The average molecular weight is 256 g/mol. The van der Waals surface area contributed by atoms with E-state index in [9.17, 15) is 0 Å². The minimum Gasteiger partial charge on any atom is -0.467 e. The van der Waals surface area contributed by atoms with Gasteiger partial charge in [0.05, 0.1) is 7.11 Å². The second-order valence-corrected chi connectivity index (χ2v) is 3.51. The summed E-state index contributed by atoms with van der Waals surface area (Å²) in [5, 5.41) is 3.05. The van der Waals surface area contributed by atoms with Gasteiger partial charge in [-0.25, -0.2) is 5.84 Å². The van der Waals surface area contributed by atoms with Gasteiger partial charge in [0.2, 0.25) is 11.9 Å². The van der Waals surface area contributed by atoms with Crippen molar-refractivity contribution in [3.8, 4) is 6.01 Å². The number of rotatable bonds is 9. The van der Waals surface area contributed by atoms with Crippen LogP contribution in [0.5, 0.6) is 6.01 Å². The molecule has 0 spiro atoms. The molecule has 0 saturated carbocycles. The highest BCUT2D eigenvalue weighted by molar-refractivity contribution is 5.34. The maximum Gasteiger partial charge on any atom is 0.322 e. The second kappa shape index (κ2) is 8.43. The molecule has 0 fully saturated rings. The molecule has 1 heterocycles. The standard InChI is InChI=1S/C10H20N6O2/c1-3-6-18-7-4-5-12-8-13-9(16-11)15-10(14-8)17-2/h3-7,11H2,1-2H3,(H2,12,13,14,15,16). The molecule has 4 N–H and O–H groups in total. The summed E-state index contributed by atoms with van der Waals surface area (Å²) in [6.45, 7) is 4.30. The topological polar surface area (TPSA) is 107 Å². The van der Waals surface area contributed by atoms with Gasteiger partial charge in [0, 0.05) is 19.8 Å². The van der Waals surface area contributed by atoms with Gasteiger partial charge in [-0.3, -0.25) is 5.43 Å². The molecule has 0 aliphatic heterocycles. The van der Waals surface area contributed by atoms with Crippen LogP contribution in [-0.4, -0.2) is 41.8 Å². The summed E-state index contributed by atoms with van der Waals surface area (Å²) in [4.78, 5) is 12.0. The lowest BCUT2D eigenvalue weighted by molar-refractivity contribution is 0.134. The average Bonchev–Trinajstić information content (AvgIpc) is 2.42. The van der Waals surface area contributed by atoms with E-state index in [1.165, 1.54) is 7.11 Å². The molecule has 0 bridgehead atoms. The van der Waals surface area contributed by atoms with Gasteiger partial charge >= 0.3 is 6.01 Å². The van der Waals surface area contributed by atoms with E-state index in [-0.39, 0.29) is 12.0 Å². The Morgan fingerprint density at radius 3 is 2.61 bits per heavy atom. The fourth-order valence-corrected chi connectivity index (χ4v) is 1.21. The number of nitrogen functional groups attached to an aromatic ring is 1. The summed E-state index contributed by atoms with van der Waals surface area (Å²) in [6, 6.07) is 0.211. The van der Waals surface area contributed by atoms with Crippen LogP contribution in [0.1, 0.15) is 19.8 Å². The first-order chi connectivity index (χ1) is 8.80. The van der Waals surface area contributed by atoms with Gasteiger partial charge in [0.15, 0.2) is 0 Å². The van der Waals surface area contributed by atoms with Crippen LogP contribution in [0.15, 0.2) is 0 Å². The third-order valence-corrected chi connectivity index (χ3v) is 2.02. The normalized spacial score (nSPS) is 10.2. The van der Waals surface area contributed by atoms with Crippen molar-refractivity contribution in [2.45, 2.75) is 19.8 Å². The number of hydrogen-bond donors (Lipinski definition) is 3. The molecule has 8 nitrogen and oxygen atoms in total. The maximum atomic E-state index is 5.36. The highest BCUT2D eigenvalue weighted by Crippen LogP contribution is 2.09. The quantitative estimate of drug-likeness (QED) is 0.331. The number of nitrogens with zero attached hydrogens (tertiary/aromatic N) is 3.